The molecule has 0 spiro atoms. The molecule has 2 aliphatic heterocycles. The molecule has 3 atom stereocenters. The smallest absolute Gasteiger partial charge is 0.327 e. The number of nitrogens with zero attached hydrogens (tertiary/aromatic N) is 2. The van der Waals surface area contributed by atoms with Crippen molar-refractivity contribution >= 4 is 23.7 Å². The summed E-state index contributed by atoms with van der Waals surface area (Å²) in [5.74, 6) is -1.78. The Hall–Kier alpha value is -3.94. The van der Waals surface area contributed by atoms with E-state index in [1.807, 2.05) is 66.7 Å². The molecule has 0 radical (unpaired) electrons. The number of allylic oxidation sites excluding steroid dienone is 1. The second kappa shape index (κ2) is 9.68. The van der Waals surface area contributed by atoms with Crippen LogP contribution in [0.2, 0.25) is 0 Å². The minimum atomic E-state index is -1.19. The van der Waals surface area contributed by atoms with Crippen LogP contribution in [0.25, 0.3) is 0 Å². The Morgan fingerprint density at radius 2 is 1.67 bits per heavy atom. The molecule has 0 saturated carbocycles. The van der Waals surface area contributed by atoms with Crippen LogP contribution in [-0.4, -0.2) is 39.8 Å². The number of carbonyl (C=O) groups is 3. The Labute approximate surface area is 191 Å². The van der Waals surface area contributed by atoms with Gasteiger partial charge in [0, 0.05) is 12.6 Å². The maximum absolute atomic E-state index is 13.1. The highest BCUT2D eigenvalue weighted by molar-refractivity contribution is 6.07. The van der Waals surface area contributed by atoms with Gasteiger partial charge in [-0.3, -0.25) is 4.79 Å². The third kappa shape index (κ3) is 4.79. The summed E-state index contributed by atoms with van der Waals surface area (Å²) in [5, 5.41) is 12.6. The Morgan fingerprint density at radius 3 is 2.21 bits per heavy atom. The standard InChI is InChI=1S/C25H26N4O4/c26-20-15-16(13-14-27-20)11-12-19-22(24(31)32)29(23(19)30)25(33)28-21(17-7-3-1-4-8-17)18-9-5-2-6-10-18/h1-10,13-14,16,19,21-22H,11-12,15H2,(H2,26,27)(H,28,33)(H,31,32)/t16?,19-,22+/m1/s1. The molecule has 1 fully saturated rings. The average molecular weight is 447 g/mol. The van der Waals surface area contributed by atoms with Crippen LogP contribution in [0.15, 0.2) is 77.9 Å². The maximum Gasteiger partial charge on any atom is 0.327 e. The van der Waals surface area contributed by atoms with Gasteiger partial charge in [-0.15, -0.1) is 0 Å². The van der Waals surface area contributed by atoms with E-state index in [9.17, 15) is 19.5 Å². The van der Waals surface area contributed by atoms with Crippen molar-refractivity contribution in [2.45, 2.75) is 31.3 Å². The predicted octanol–water partition coefficient (Wildman–Crippen LogP) is 3.07. The number of likely N-dealkylation sites (tertiary alicyclic amines) is 1. The summed E-state index contributed by atoms with van der Waals surface area (Å²) in [5.41, 5.74) is 7.42. The Balaban J connectivity index is 1.47. The van der Waals surface area contributed by atoms with Crippen LogP contribution in [0, 0.1) is 11.8 Å². The van der Waals surface area contributed by atoms with E-state index in [0.717, 1.165) is 16.0 Å². The van der Waals surface area contributed by atoms with Gasteiger partial charge in [0.1, 0.15) is 0 Å². The molecular formula is C25H26N4O4. The van der Waals surface area contributed by atoms with E-state index in [2.05, 4.69) is 10.3 Å². The zero-order chi connectivity index (χ0) is 23.4. The number of carboxylic acid groups (broad SMARTS) is 1. The summed E-state index contributed by atoms with van der Waals surface area (Å²) >= 11 is 0. The number of hydrogen-bond acceptors (Lipinski definition) is 5. The molecule has 0 aromatic heterocycles. The number of benzene rings is 2. The lowest BCUT2D eigenvalue weighted by Gasteiger charge is -2.43. The lowest BCUT2D eigenvalue weighted by atomic mass is 9.81. The van der Waals surface area contributed by atoms with Crippen molar-refractivity contribution < 1.29 is 19.5 Å². The number of urea groups is 1. The third-order valence-electron chi connectivity index (χ3n) is 6.14. The van der Waals surface area contributed by atoms with E-state index in [4.69, 9.17) is 5.73 Å². The molecule has 8 nitrogen and oxygen atoms in total. The van der Waals surface area contributed by atoms with Crippen LogP contribution >= 0.6 is 0 Å². The van der Waals surface area contributed by atoms with Gasteiger partial charge in [-0.1, -0.05) is 66.7 Å². The topological polar surface area (TPSA) is 125 Å². The molecule has 3 amide bonds. The summed E-state index contributed by atoms with van der Waals surface area (Å²) in [4.78, 5) is 42.7. The van der Waals surface area contributed by atoms with Gasteiger partial charge in [0.2, 0.25) is 5.91 Å². The number of nitrogens with one attached hydrogen (secondary N) is 1. The van der Waals surface area contributed by atoms with E-state index < -0.39 is 35.9 Å². The van der Waals surface area contributed by atoms with Crippen molar-refractivity contribution in [1.82, 2.24) is 10.2 Å². The van der Waals surface area contributed by atoms with Gasteiger partial charge in [0.25, 0.3) is 0 Å². The number of β-lactam (4-membered cyclic amide) rings is 1. The van der Waals surface area contributed by atoms with E-state index >= 15 is 0 Å². The molecule has 2 aromatic carbocycles. The number of imide groups is 1. The second-order valence-corrected chi connectivity index (χ2v) is 8.31. The monoisotopic (exact) mass is 446 g/mol. The van der Waals surface area contributed by atoms with E-state index in [1.54, 1.807) is 6.20 Å². The van der Waals surface area contributed by atoms with Gasteiger partial charge in [-0.25, -0.2) is 19.5 Å². The van der Waals surface area contributed by atoms with Crippen LogP contribution < -0.4 is 11.1 Å². The Bertz CT molecular complexity index is 1040. The molecule has 0 aliphatic carbocycles. The number of rotatable bonds is 7. The lowest BCUT2D eigenvalue weighted by Crippen LogP contribution is -2.68. The molecule has 4 rings (SSSR count). The molecule has 2 aliphatic rings. The van der Waals surface area contributed by atoms with E-state index in [0.29, 0.717) is 25.1 Å². The van der Waals surface area contributed by atoms with Crippen molar-refractivity contribution in [2.24, 2.45) is 22.6 Å². The number of amides is 3. The number of carboxylic acids is 1. The summed E-state index contributed by atoms with van der Waals surface area (Å²) < 4.78 is 0. The van der Waals surface area contributed by atoms with Crippen molar-refractivity contribution in [2.75, 3.05) is 0 Å². The van der Waals surface area contributed by atoms with Crippen LogP contribution in [0.5, 0.6) is 0 Å². The molecule has 8 heteroatoms. The van der Waals surface area contributed by atoms with Crippen molar-refractivity contribution in [3.05, 3.63) is 84.1 Å². The zero-order valence-corrected chi connectivity index (χ0v) is 18.0. The molecular weight excluding hydrogens is 420 g/mol. The number of amidine groups is 1. The maximum atomic E-state index is 13.1. The first-order valence-electron chi connectivity index (χ1n) is 10.9. The van der Waals surface area contributed by atoms with Gasteiger partial charge in [0.15, 0.2) is 6.04 Å². The highest BCUT2D eigenvalue weighted by Crippen LogP contribution is 2.34. The summed E-state index contributed by atoms with van der Waals surface area (Å²) in [7, 11) is 0. The van der Waals surface area contributed by atoms with Crippen LogP contribution in [0.1, 0.15) is 36.4 Å². The molecule has 33 heavy (non-hydrogen) atoms. The van der Waals surface area contributed by atoms with Gasteiger partial charge >= 0.3 is 12.0 Å². The minimum Gasteiger partial charge on any atom is -0.480 e. The van der Waals surface area contributed by atoms with Crippen molar-refractivity contribution in [3.8, 4) is 0 Å². The predicted molar refractivity (Wildman–Crippen MR) is 123 cm³/mol. The van der Waals surface area contributed by atoms with Crippen molar-refractivity contribution in [1.29, 1.82) is 0 Å². The Morgan fingerprint density at radius 1 is 1.06 bits per heavy atom. The molecule has 2 heterocycles. The molecule has 4 N–H and O–H groups in total. The SMILES string of the molecule is NC1=NC=CC(CC[C@H]2C(=O)N(C(=O)NC(c3ccccc3)c3ccccc3)[C@@H]2C(=O)O)C1. The average Bonchev–Trinajstić information content (AvgIpc) is 2.82. The first-order chi connectivity index (χ1) is 16.0. The first-order valence-corrected chi connectivity index (χ1v) is 10.9. The fourth-order valence-electron chi connectivity index (χ4n) is 4.42. The summed E-state index contributed by atoms with van der Waals surface area (Å²) in [6.45, 7) is 0. The van der Waals surface area contributed by atoms with Crippen LogP contribution in [0.3, 0.4) is 0 Å². The zero-order valence-electron chi connectivity index (χ0n) is 18.0. The minimum absolute atomic E-state index is 0.105. The quantitative estimate of drug-likeness (QED) is 0.564. The van der Waals surface area contributed by atoms with E-state index in [-0.39, 0.29) is 5.92 Å². The van der Waals surface area contributed by atoms with Crippen molar-refractivity contribution in [3.63, 3.8) is 0 Å². The van der Waals surface area contributed by atoms with Crippen LogP contribution in [0.4, 0.5) is 4.79 Å². The van der Waals surface area contributed by atoms with Gasteiger partial charge in [-0.05, 0) is 29.9 Å². The van der Waals surface area contributed by atoms with E-state index in [1.165, 1.54) is 0 Å². The molecule has 170 valence electrons. The number of aliphatic carboxylic acids is 1. The number of aliphatic imine (C=N–C) groups is 1. The summed E-state index contributed by atoms with van der Waals surface area (Å²) in [6.07, 6.45) is 5.08. The van der Waals surface area contributed by atoms with Gasteiger partial charge in [0.05, 0.1) is 17.8 Å². The lowest BCUT2D eigenvalue weighted by molar-refractivity contribution is -0.166. The normalized spacial score (nSPS) is 22.0. The number of hydrogen-bond donors (Lipinski definition) is 3. The molecule has 1 unspecified atom stereocenters. The second-order valence-electron chi connectivity index (χ2n) is 8.31. The van der Waals surface area contributed by atoms with Gasteiger partial charge in [-0.2, -0.15) is 0 Å². The highest BCUT2D eigenvalue weighted by Gasteiger charge is 2.54. The molecule has 2 aromatic rings. The molecule has 1 saturated heterocycles. The Kier molecular flexibility index (Phi) is 6.53. The molecule has 0 bridgehead atoms. The highest BCUT2D eigenvalue weighted by atomic mass is 16.4. The van der Waals surface area contributed by atoms with Gasteiger partial charge < -0.3 is 16.2 Å². The fourth-order valence-corrected chi connectivity index (χ4v) is 4.42. The third-order valence-corrected chi connectivity index (χ3v) is 6.14. The number of carbonyl (C=O) groups excluding carboxylic acids is 2. The summed E-state index contributed by atoms with van der Waals surface area (Å²) in [6, 6.07) is 16.3. The first kappa shape index (κ1) is 22.3. The van der Waals surface area contributed by atoms with Crippen LogP contribution in [-0.2, 0) is 9.59 Å². The fraction of sp³-hybridized carbons (Fsp3) is 0.280. The number of nitrogens with two attached hydrogens (primary N) is 1. The largest absolute Gasteiger partial charge is 0.480 e.